The Hall–Kier alpha value is -2.97. The molecule has 7 nitrogen and oxygen atoms in total. The third-order valence-electron chi connectivity index (χ3n) is 5.05. The SMILES string of the molecule is C#CCOc1cc([C@@H](CCC)NC(=O)[C@]2(C)CSC(C(C)=NCCC)=N2)oc(=O)c1CC#C. The van der Waals surface area contributed by atoms with Gasteiger partial charge in [0.2, 0.25) is 5.91 Å². The number of terminal acetylenes is 2. The zero-order valence-corrected chi connectivity index (χ0v) is 20.5. The summed E-state index contributed by atoms with van der Waals surface area (Å²) in [4.78, 5) is 35.0. The van der Waals surface area contributed by atoms with E-state index in [1.807, 2.05) is 13.8 Å². The van der Waals surface area contributed by atoms with Crippen LogP contribution in [-0.2, 0) is 11.2 Å². The predicted molar refractivity (Wildman–Crippen MR) is 134 cm³/mol. The zero-order valence-electron chi connectivity index (χ0n) is 19.7. The Bertz CT molecular complexity index is 1060. The van der Waals surface area contributed by atoms with E-state index in [4.69, 9.17) is 22.0 Å². The second-order valence-electron chi connectivity index (χ2n) is 7.91. The van der Waals surface area contributed by atoms with Gasteiger partial charge >= 0.3 is 5.63 Å². The monoisotopic (exact) mass is 469 g/mol. The highest BCUT2D eigenvalue weighted by molar-refractivity contribution is 8.16. The molecule has 33 heavy (non-hydrogen) atoms. The van der Waals surface area contributed by atoms with Crippen molar-refractivity contribution in [1.29, 1.82) is 0 Å². The summed E-state index contributed by atoms with van der Waals surface area (Å²) in [7, 11) is 0. The van der Waals surface area contributed by atoms with E-state index in [0.29, 0.717) is 17.9 Å². The summed E-state index contributed by atoms with van der Waals surface area (Å²) in [5.41, 5.74) is -0.470. The average molecular weight is 470 g/mol. The van der Waals surface area contributed by atoms with E-state index in [0.717, 1.165) is 30.1 Å². The van der Waals surface area contributed by atoms with E-state index in [1.165, 1.54) is 11.8 Å². The standard InChI is InChI=1S/C25H31N3O4S/c1-7-11-18-20(31-14-10-4)15-21(32-23(18)29)19(12-8-2)27-24(30)25(6)16-33-22(28-25)17(5)26-13-9-3/h1,4,15,19H,8-9,11-14,16H2,2-3,5-6H3,(H,27,30)/t19-,25+/m1/s1. The van der Waals surface area contributed by atoms with Gasteiger partial charge in [-0.25, -0.2) is 4.79 Å². The van der Waals surface area contributed by atoms with Crippen LogP contribution in [-0.4, -0.2) is 41.1 Å². The van der Waals surface area contributed by atoms with Crippen LogP contribution in [0.15, 0.2) is 25.3 Å². The van der Waals surface area contributed by atoms with E-state index in [1.54, 1.807) is 13.0 Å². The normalized spacial score (nSPS) is 18.7. The van der Waals surface area contributed by atoms with Gasteiger partial charge in [0.15, 0.2) is 0 Å². The lowest BCUT2D eigenvalue weighted by Gasteiger charge is -2.24. The highest BCUT2D eigenvalue weighted by atomic mass is 32.2. The first-order valence-corrected chi connectivity index (χ1v) is 12.0. The lowest BCUT2D eigenvalue weighted by atomic mass is 10.0. The number of amides is 1. The lowest BCUT2D eigenvalue weighted by Crippen LogP contribution is -2.45. The molecule has 0 bridgehead atoms. The molecule has 0 saturated carbocycles. The molecular weight excluding hydrogens is 438 g/mol. The Balaban J connectivity index is 2.32. The van der Waals surface area contributed by atoms with Crippen LogP contribution < -0.4 is 15.7 Å². The summed E-state index contributed by atoms with van der Waals surface area (Å²) in [6, 6.07) is 1.06. The number of nitrogens with zero attached hydrogens (tertiary/aromatic N) is 2. The van der Waals surface area contributed by atoms with Gasteiger partial charge in [0, 0.05) is 24.8 Å². The Morgan fingerprint density at radius 2 is 2.15 bits per heavy atom. The molecule has 1 aliphatic rings. The number of carbonyl (C=O) groups excluding carboxylic acids is 1. The first-order chi connectivity index (χ1) is 15.8. The lowest BCUT2D eigenvalue weighted by molar-refractivity contribution is -0.125. The van der Waals surface area contributed by atoms with Gasteiger partial charge in [-0.15, -0.1) is 30.5 Å². The number of carbonyl (C=O) groups is 1. The van der Waals surface area contributed by atoms with Crippen LogP contribution >= 0.6 is 11.8 Å². The number of ether oxygens (including phenoxy) is 1. The molecule has 0 spiro atoms. The molecule has 0 fully saturated rings. The van der Waals surface area contributed by atoms with Crippen molar-refractivity contribution in [3.05, 3.63) is 27.8 Å². The smallest absolute Gasteiger partial charge is 0.343 e. The topological polar surface area (TPSA) is 93.3 Å². The highest BCUT2D eigenvalue weighted by Crippen LogP contribution is 2.31. The summed E-state index contributed by atoms with van der Waals surface area (Å²) >= 11 is 1.52. The molecule has 1 N–H and O–H groups in total. The minimum atomic E-state index is -0.943. The number of nitrogens with one attached hydrogen (secondary N) is 1. The molecule has 0 aromatic carbocycles. The van der Waals surface area contributed by atoms with Crippen molar-refractivity contribution in [2.45, 2.75) is 65.0 Å². The molecule has 176 valence electrons. The first-order valence-electron chi connectivity index (χ1n) is 11.0. The average Bonchev–Trinajstić information content (AvgIpc) is 3.21. The Morgan fingerprint density at radius 3 is 2.79 bits per heavy atom. The Kier molecular flexibility index (Phi) is 9.81. The minimum absolute atomic E-state index is 0.0169. The highest BCUT2D eigenvalue weighted by Gasteiger charge is 2.40. The molecule has 1 aromatic rings. The van der Waals surface area contributed by atoms with Crippen molar-refractivity contribution in [3.63, 3.8) is 0 Å². The van der Waals surface area contributed by atoms with Crippen molar-refractivity contribution < 1.29 is 13.9 Å². The van der Waals surface area contributed by atoms with E-state index < -0.39 is 17.2 Å². The van der Waals surface area contributed by atoms with Crippen LogP contribution in [0.3, 0.4) is 0 Å². The Labute approximate surface area is 199 Å². The van der Waals surface area contributed by atoms with E-state index in [-0.39, 0.29) is 30.2 Å². The molecule has 1 amide bonds. The molecule has 8 heteroatoms. The fourth-order valence-electron chi connectivity index (χ4n) is 3.23. The van der Waals surface area contributed by atoms with Gasteiger partial charge in [-0.2, -0.15) is 0 Å². The third kappa shape index (κ3) is 6.76. The second kappa shape index (κ2) is 12.3. The molecule has 0 radical (unpaired) electrons. The molecule has 0 saturated heterocycles. The third-order valence-corrected chi connectivity index (χ3v) is 6.42. The molecule has 0 unspecified atom stereocenters. The quantitative estimate of drug-likeness (QED) is 0.395. The fraction of sp³-hybridized carbons (Fsp3) is 0.520. The maximum atomic E-state index is 13.2. The van der Waals surface area contributed by atoms with Crippen molar-refractivity contribution in [1.82, 2.24) is 5.32 Å². The molecule has 2 atom stereocenters. The molecule has 1 aromatic heterocycles. The first kappa shape index (κ1) is 26.3. The van der Waals surface area contributed by atoms with Crippen molar-refractivity contribution >= 4 is 28.4 Å². The summed E-state index contributed by atoms with van der Waals surface area (Å²) in [5, 5.41) is 3.79. The molecule has 1 aliphatic heterocycles. The summed E-state index contributed by atoms with van der Waals surface area (Å²) in [5.74, 6) is 5.64. The molecular formula is C25H31N3O4S. The van der Waals surface area contributed by atoms with Gasteiger partial charge in [0.25, 0.3) is 0 Å². The van der Waals surface area contributed by atoms with Crippen LogP contribution in [0.5, 0.6) is 5.75 Å². The molecule has 2 rings (SSSR count). The second-order valence-corrected chi connectivity index (χ2v) is 8.88. The van der Waals surface area contributed by atoms with Gasteiger partial charge in [-0.1, -0.05) is 26.2 Å². The number of hydrogen-bond donors (Lipinski definition) is 1. The molecule has 0 aliphatic carbocycles. The Morgan fingerprint density at radius 1 is 1.39 bits per heavy atom. The van der Waals surface area contributed by atoms with Crippen LogP contribution in [0.2, 0.25) is 0 Å². The van der Waals surface area contributed by atoms with Gasteiger partial charge in [-0.3, -0.25) is 14.8 Å². The van der Waals surface area contributed by atoms with Crippen molar-refractivity contribution in [3.8, 4) is 30.4 Å². The summed E-state index contributed by atoms with van der Waals surface area (Å²) in [6.07, 6.45) is 13.0. The predicted octanol–water partition coefficient (Wildman–Crippen LogP) is 3.56. The van der Waals surface area contributed by atoms with Crippen LogP contribution in [0.1, 0.15) is 64.3 Å². The van der Waals surface area contributed by atoms with Crippen molar-refractivity contribution in [2.24, 2.45) is 9.98 Å². The van der Waals surface area contributed by atoms with Crippen molar-refractivity contribution in [2.75, 3.05) is 18.9 Å². The zero-order chi connectivity index (χ0) is 24.4. The number of hydrogen-bond acceptors (Lipinski definition) is 7. The maximum Gasteiger partial charge on any atom is 0.343 e. The van der Waals surface area contributed by atoms with Gasteiger partial charge in [-0.05, 0) is 26.7 Å². The number of thioether (sulfide) groups is 1. The molecule has 2 heterocycles. The summed E-state index contributed by atoms with van der Waals surface area (Å²) < 4.78 is 11.1. The fourth-order valence-corrected chi connectivity index (χ4v) is 4.38. The van der Waals surface area contributed by atoms with Crippen LogP contribution in [0.4, 0.5) is 0 Å². The largest absolute Gasteiger partial charge is 0.480 e. The van der Waals surface area contributed by atoms with E-state index in [9.17, 15) is 9.59 Å². The van der Waals surface area contributed by atoms with Gasteiger partial charge < -0.3 is 14.5 Å². The van der Waals surface area contributed by atoms with Gasteiger partial charge in [0.05, 0.1) is 17.3 Å². The van der Waals surface area contributed by atoms with Gasteiger partial charge in [0.1, 0.15) is 28.7 Å². The van der Waals surface area contributed by atoms with Crippen LogP contribution in [0, 0.1) is 24.7 Å². The van der Waals surface area contributed by atoms with Crippen LogP contribution in [0.25, 0.3) is 0 Å². The number of aliphatic imine (C=N–C) groups is 2. The number of rotatable bonds is 11. The van der Waals surface area contributed by atoms with E-state index in [2.05, 4.69) is 34.1 Å². The maximum absolute atomic E-state index is 13.2. The minimum Gasteiger partial charge on any atom is -0.480 e. The van der Waals surface area contributed by atoms with E-state index >= 15 is 0 Å². The summed E-state index contributed by atoms with van der Waals surface area (Å²) in [6.45, 7) is 8.47.